The van der Waals surface area contributed by atoms with Gasteiger partial charge < -0.3 is 24.7 Å². The smallest absolute Gasteiger partial charge is 0.153 e. The molecule has 1 fully saturated rings. The summed E-state index contributed by atoms with van der Waals surface area (Å²) in [6.45, 7) is 19.8. The van der Waals surface area contributed by atoms with Crippen LogP contribution in [0.5, 0.6) is 23.0 Å². The SMILES string of the molecule is C=CC(=C)N1CCN(CC(C)CCN(CC)c2ccc(Oc3c(-c4ccc(O)cc4)sc4cc(O)ccc34)cc2)CC1. The van der Waals surface area contributed by atoms with Gasteiger partial charge in [-0.15, -0.1) is 11.3 Å². The monoisotopic (exact) mass is 583 g/mol. The maximum Gasteiger partial charge on any atom is 0.153 e. The highest BCUT2D eigenvalue weighted by molar-refractivity contribution is 7.22. The molecule has 2 N–H and O–H groups in total. The van der Waals surface area contributed by atoms with Gasteiger partial charge in [-0.3, -0.25) is 4.90 Å². The molecule has 7 heteroatoms. The first-order valence-corrected chi connectivity index (χ1v) is 15.5. The van der Waals surface area contributed by atoms with E-state index in [0.29, 0.717) is 5.92 Å². The maximum absolute atomic E-state index is 10.0. The Morgan fingerprint density at radius 1 is 1.00 bits per heavy atom. The van der Waals surface area contributed by atoms with E-state index in [-0.39, 0.29) is 11.5 Å². The minimum Gasteiger partial charge on any atom is -0.508 e. The van der Waals surface area contributed by atoms with Crippen LogP contribution in [0.3, 0.4) is 0 Å². The molecule has 0 amide bonds. The Morgan fingerprint density at radius 3 is 2.36 bits per heavy atom. The number of hydrogen-bond acceptors (Lipinski definition) is 7. The van der Waals surface area contributed by atoms with Crippen molar-refractivity contribution < 1.29 is 14.9 Å². The molecule has 0 radical (unpaired) electrons. The second-order valence-electron chi connectivity index (χ2n) is 11.0. The zero-order valence-corrected chi connectivity index (χ0v) is 25.4. The summed E-state index contributed by atoms with van der Waals surface area (Å²) in [5.74, 6) is 2.57. The maximum atomic E-state index is 10.0. The fraction of sp³-hybridized carbons (Fsp3) is 0.314. The number of anilines is 1. The average Bonchev–Trinajstić information content (AvgIpc) is 3.35. The lowest BCUT2D eigenvalue weighted by Gasteiger charge is -2.37. The van der Waals surface area contributed by atoms with Crippen LogP contribution in [0.4, 0.5) is 5.69 Å². The summed E-state index contributed by atoms with van der Waals surface area (Å²) >= 11 is 1.56. The molecular formula is C35H41N3O3S. The van der Waals surface area contributed by atoms with Crippen LogP contribution >= 0.6 is 11.3 Å². The summed E-state index contributed by atoms with van der Waals surface area (Å²) in [4.78, 5) is 8.27. The van der Waals surface area contributed by atoms with Crippen LogP contribution < -0.4 is 9.64 Å². The van der Waals surface area contributed by atoms with Gasteiger partial charge in [0.15, 0.2) is 5.75 Å². The molecule has 3 aromatic carbocycles. The Bertz CT molecular complexity index is 1510. The van der Waals surface area contributed by atoms with Gasteiger partial charge in [-0.1, -0.05) is 20.1 Å². The first-order chi connectivity index (χ1) is 20.3. The predicted molar refractivity (Wildman–Crippen MR) is 176 cm³/mol. The minimum absolute atomic E-state index is 0.221. The first kappa shape index (κ1) is 29.5. The Balaban J connectivity index is 1.22. The Kier molecular flexibility index (Phi) is 9.40. The number of benzene rings is 3. The van der Waals surface area contributed by atoms with Gasteiger partial charge in [0, 0.05) is 67.3 Å². The van der Waals surface area contributed by atoms with Crippen LogP contribution in [0.25, 0.3) is 20.5 Å². The number of rotatable bonds is 12. The van der Waals surface area contributed by atoms with E-state index in [1.165, 1.54) is 5.69 Å². The third kappa shape index (κ3) is 6.92. The number of piperazine rings is 1. The number of hydrogen-bond donors (Lipinski definition) is 2. The number of allylic oxidation sites excluding steroid dienone is 1. The number of phenolic OH excluding ortho intramolecular Hbond substituents is 2. The lowest BCUT2D eigenvalue weighted by atomic mass is 10.1. The van der Waals surface area contributed by atoms with Gasteiger partial charge >= 0.3 is 0 Å². The molecule has 0 spiro atoms. The van der Waals surface area contributed by atoms with Gasteiger partial charge in [0.05, 0.1) is 4.88 Å². The summed E-state index contributed by atoms with van der Waals surface area (Å²) in [7, 11) is 0. The van der Waals surface area contributed by atoms with Gasteiger partial charge in [-0.05, 0) is 97.6 Å². The van der Waals surface area contributed by atoms with E-state index < -0.39 is 0 Å². The van der Waals surface area contributed by atoms with E-state index in [1.54, 1.807) is 35.6 Å². The number of ether oxygens (including phenoxy) is 1. The molecule has 6 nitrogen and oxygen atoms in total. The summed E-state index contributed by atoms with van der Waals surface area (Å²) in [5, 5.41) is 20.8. The summed E-state index contributed by atoms with van der Waals surface area (Å²) < 4.78 is 7.44. The standard InChI is InChI=1S/C35H41N3O3S/c1-5-26(4)38-21-19-36(20-22-38)24-25(3)17-18-37(6-2)28-9-14-31(15-10-28)41-34-32-16-13-30(40)23-33(32)42-35(34)27-7-11-29(39)12-8-27/h5,7-16,23,25,39-40H,1,4,6,17-22,24H2,2-3H3. The second-order valence-corrected chi connectivity index (χ2v) is 12.1. The van der Waals surface area contributed by atoms with E-state index in [0.717, 1.165) is 90.0 Å². The van der Waals surface area contributed by atoms with Crippen LogP contribution in [0.15, 0.2) is 91.7 Å². The third-order valence-corrected chi connectivity index (χ3v) is 9.22. The average molecular weight is 584 g/mol. The molecule has 4 aromatic rings. The quantitative estimate of drug-likeness (QED) is 0.165. The van der Waals surface area contributed by atoms with Crippen LogP contribution in [-0.2, 0) is 0 Å². The molecular weight excluding hydrogens is 542 g/mol. The van der Waals surface area contributed by atoms with E-state index in [1.807, 2.05) is 36.4 Å². The van der Waals surface area contributed by atoms with Crippen molar-refractivity contribution in [2.24, 2.45) is 5.92 Å². The molecule has 1 aliphatic heterocycles. The van der Waals surface area contributed by atoms with Crippen molar-refractivity contribution >= 4 is 27.1 Å². The van der Waals surface area contributed by atoms with Crippen molar-refractivity contribution in [1.29, 1.82) is 0 Å². The van der Waals surface area contributed by atoms with Crippen molar-refractivity contribution in [3.63, 3.8) is 0 Å². The third-order valence-electron chi connectivity index (χ3n) is 8.04. The van der Waals surface area contributed by atoms with E-state index in [2.05, 4.69) is 53.8 Å². The van der Waals surface area contributed by atoms with Crippen LogP contribution in [0.1, 0.15) is 20.3 Å². The molecule has 2 heterocycles. The van der Waals surface area contributed by atoms with Gasteiger partial charge in [-0.2, -0.15) is 0 Å². The molecule has 220 valence electrons. The summed E-state index contributed by atoms with van der Waals surface area (Å²) in [6.07, 6.45) is 2.98. The van der Waals surface area contributed by atoms with E-state index >= 15 is 0 Å². The van der Waals surface area contributed by atoms with Gasteiger partial charge in [-0.25, -0.2) is 0 Å². The molecule has 1 aromatic heterocycles. The minimum atomic E-state index is 0.221. The van der Waals surface area contributed by atoms with E-state index in [9.17, 15) is 10.2 Å². The highest BCUT2D eigenvalue weighted by atomic mass is 32.1. The molecule has 1 aliphatic rings. The zero-order chi connectivity index (χ0) is 29.6. The fourth-order valence-corrected chi connectivity index (χ4v) is 6.70. The highest BCUT2D eigenvalue weighted by Crippen LogP contribution is 2.47. The zero-order valence-electron chi connectivity index (χ0n) is 24.6. The number of phenols is 2. The van der Waals surface area contributed by atoms with Gasteiger partial charge in [0.1, 0.15) is 17.2 Å². The number of thiophene rings is 1. The van der Waals surface area contributed by atoms with Crippen molar-refractivity contribution in [3.8, 4) is 33.4 Å². The van der Waals surface area contributed by atoms with Crippen molar-refractivity contribution in [3.05, 3.63) is 91.7 Å². The predicted octanol–water partition coefficient (Wildman–Crippen LogP) is 7.94. The van der Waals surface area contributed by atoms with Crippen LogP contribution in [0, 0.1) is 5.92 Å². The van der Waals surface area contributed by atoms with Crippen molar-refractivity contribution in [2.45, 2.75) is 20.3 Å². The van der Waals surface area contributed by atoms with Crippen LogP contribution in [0.2, 0.25) is 0 Å². The fourth-order valence-electron chi connectivity index (χ4n) is 5.53. The molecule has 1 atom stereocenters. The van der Waals surface area contributed by atoms with Crippen molar-refractivity contribution in [2.75, 3.05) is 50.7 Å². The Labute approximate surface area is 253 Å². The number of nitrogens with zero attached hydrogens (tertiary/aromatic N) is 3. The summed E-state index contributed by atoms with van der Waals surface area (Å²) in [6, 6.07) is 20.8. The second kappa shape index (κ2) is 13.4. The van der Waals surface area contributed by atoms with Crippen LogP contribution in [-0.4, -0.2) is 65.8 Å². The Hall–Kier alpha value is -3.94. The normalized spacial score (nSPS) is 14.6. The number of fused-ring (bicyclic) bond motifs is 1. The Morgan fingerprint density at radius 2 is 1.69 bits per heavy atom. The molecule has 0 bridgehead atoms. The lowest BCUT2D eigenvalue weighted by Crippen LogP contribution is -2.46. The molecule has 5 rings (SSSR count). The molecule has 42 heavy (non-hydrogen) atoms. The van der Waals surface area contributed by atoms with Crippen molar-refractivity contribution in [1.82, 2.24) is 9.80 Å². The molecule has 1 saturated heterocycles. The van der Waals surface area contributed by atoms with Gasteiger partial charge in [0.25, 0.3) is 0 Å². The largest absolute Gasteiger partial charge is 0.508 e. The molecule has 1 unspecified atom stereocenters. The summed E-state index contributed by atoms with van der Waals surface area (Å²) in [5.41, 5.74) is 3.17. The lowest BCUT2D eigenvalue weighted by molar-refractivity contribution is 0.144. The highest BCUT2D eigenvalue weighted by Gasteiger charge is 2.20. The number of aromatic hydroxyl groups is 2. The molecule has 0 saturated carbocycles. The van der Waals surface area contributed by atoms with E-state index in [4.69, 9.17) is 4.74 Å². The topological polar surface area (TPSA) is 59.4 Å². The van der Waals surface area contributed by atoms with Gasteiger partial charge in [0.2, 0.25) is 0 Å². The first-order valence-electron chi connectivity index (χ1n) is 14.7. The molecule has 0 aliphatic carbocycles.